The summed E-state index contributed by atoms with van der Waals surface area (Å²) in [5.41, 5.74) is 1.46. The number of ketones is 1. The van der Waals surface area contributed by atoms with Gasteiger partial charge in [0.15, 0.2) is 12.4 Å². The number of amides is 1. The molecule has 0 bridgehead atoms. The Morgan fingerprint density at radius 1 is 1.15 bits per heavy atom. The molecule has 0 spiro atoms. The summed E-state index contributed by atoms with van der Waals surface area (Å²) in [5, 5.41) is 0. The van der Waals surface area contributed by atoms with Crippen molar-refractivity contribution < 1.29 is 23.9 Å². The van der Waals surface area contributed by atoms with Crippen molar-refractivity contribution in [1.29, 1.82) is 0 Å². The molecule has 1 heterocycles. The molecular formula is C19H22N2O5. The van der Waals surface area contributed by atoms with Crippen molar-refractivity contribution in [3.05, 3.63) is 53.3 Å². The highest BCUT2D eigenvalue weighted by Gasteiger charge is 2.16. The van der Waals surface area contributed by atoms with Gasteiger partial charge < -0.3 is 19.4 Å². The van der Waals surface area contributed by atoms with E-state index >= 15 is 0 Å². The highest BCUT2D eigenvalue weighted by molar-refractivity contribution is 5.97. The van der Waals surface area contributed by atoms with E-state index in [4.69, 9.17) is 9.47 Å². The van der Waals surface area contributed by atoms with Crippen molar-refractivity contribution >= 4 is 17.7 Å². The Morgan fingerprint density at radius 2 is 1.85 bits per heavy atom. The summed E-state index contributed by atoms with van der Waals surface area (Å²) in [6, 6.07) is 8.84. The number of carbonyl (C=O) groups excluding carboxylic acids is 3. The van der Waals surface area contributed by atoms with Crippen molar-refractivity contribution in [1.82, 2.24) is 9.88 Å². The summed E-state index contributed by atoms with van der Waals surface area (Å²) >= 11 is 0. The molecule has 7 nitrogen and oxygen atoms in total. The zero-order valence-electron chi connectivity index (χ0n) is 15.1. The largest absolute Gasteiger partial charge is 0.494 e. The molecule has 0 aliphatic heterocycles. The lowest BCUT2D eigenvalue weighted by Crippen LogP contribution is -2.30. The Hall–Kier alpha value is -3.09. The average Bonchev–Trinajstić information content (AvgIpc) is 3.11. The van der Waals surface area contributed by atoms with Gasteiger partial charge in [-0.05, 0) is 37.6 Å². The van der Waals surface area contributed by atoms with Gasteiger partial charge >= 0.3 is 5.97 Å². The van der Waals surface area contributed by atoms with Gasteiger partial charge in [0, 0.05) is 25.4 Å². The van der Waals surface area contributed by atoms with Gasteiger partial charge in [-0.2, -0.15) is 0 Å². The van der Waals surface area contributed by atoms with Crippen molar-refractivity contribution in [2.75, 3.05) is 20.3 Å². The van der Waals surface area contributed by atoms with Crippen LogP contribution < -0.4 is 4.74 Å². The number of nitrogens with zero attached hydrogens (tertiary/aromatic N) is 1. The van der Waals surface area contributed by atoms with Crippen LogP contribution in [0.2, 0.25) is 0 Å². The average molecular weight is 358 g/mol. The molecule has 2 rings (SSSR count). The first-order chi connectivity index (χ1) is 12.4. The first-order valence-electron chi connectivity index (χ1n) is 8.23. The van der Waals surface area contributed by atoms with Crippen molar-refractivity contribution in [2.24, 2.45) is 0 Å². The topological polar surface area (TPSA) is 88.7 Å². The molecule has 138 valence electrons. The van der Waals surface area contributed by atoms with E-state index in [1.165, 1.54) is 24.1 Å². The Bertz CT molecular complexity index is 779. The van der Waals surface area contributed by atoms with Gasteiger partial charge in [0.25, 0.3) is 5.91 Å². The number of nitrogens with one attached hydrogen (secondary N) is 1. The van der Waals surface area contributed by atoms with Crippen LogP contribution in [0.15, 0.2) is 36.5 Å². The van der Waals surface area contributed by atoms with Crippen LogP contribution in [0.3, 0.4) is 0 Å². The van der Waals surface area contributed by atoms with E-state index in [-0.39, 0.29) is 24.0 Å². The van der Waals surface area contributed by atoms with E-state index in [0.29, 0.717) is 18.7 Å². The monoisotopic (exact) mass is 358 g/mol. The molecular weight excluding hydrogens is 336 g/mol. The predicted molar refractivity (Wildman–Crippen MR) is 95.2 cm³/mol. The van der Waals surface area contributed by atoms with E-state index in [2.05, 4.69) is 4.98 Å². The summed E-state index contributed by atoms with van der Waals surface area (Å²) in [6.45, 7) is 3.92. The van der Waals surface area contributed by atoms with E-state index in [0.717, 1.165) is 11.3 Å². The lowest BCUT2D eigenvalue weighted by Gasteiger charge is -2.17. The standard InChI is InChI=1S/C19H22N2O5/c1-4-25-16-7-5-14(6-8-16)11-21(3)18(23)12-26-19(24)17-9-15(10-20-17)13(2)22/h5-10,20H,4,11-12H2,1-3H3. The maximum Gasteiger partial charge on any atom is 0.355 e. The number of aromatic amines is 1. The summed E-state index contributed by atoms with van der Waals surface area (Å²) in [4.78, 5) is 39.4. The number of hydrogen-bond donors (Lipinski definition) is 1. The van der Waals surface area contributed by atoms with E-state index in [9.17, 15) is 14.4 Å². The van der Waals surface area contributed by atoms with Gasteiger partial charge in [0.2, 0.25) is 0 Å². The highest BCUT2D eigenvalue weighted by atomic mass is 16.5. The van der Waals surface area contributed by atoms with Crippen molar-refractivity contribution in [3.8, 4) is 5.75 Å². The molecule has 26 heavy (non-hydrogen) atoms. The molecule has 0 unspecified atom stereocenters. The Kier molecular flexibility index (Phi) is 6.54. The number of hydrogen-bond acceptors (Lipinski definition) is 5. The third-order valence-electron chi connectivity index (χ3n) is 3.72. The van der Waals surface area contributed by atoms with E-state index < -0.39 is 5.97 Å². The number of ether oxygens (including phenoxy) is 2. The summed E-state index contributed by atoms with van der Waals surface area (Å²) in [7, 11) is 1.63. The highest BCUT2D eigenvalue weighted by Crippen LogP contribution is 2.13. The molecule has 1 N–H and O–H groups in total. The molecule has 2 aromatic rings. The van der Waals surface area contributed by atoms with Crippen LogP contribution in [0.25, 0.3) is 0 Å². The zero-order valence-corrected chi connectivity index (χ0v) is 15.1. The summed E-state index contributed by atoms with van der Waals surface area (Å²) in [5.74, 6) is -0.396. The lowest BCUT2D eigenvalue weighted by atomic mass is 10.2. The second-order valence-electron chi connectivity index (χ2n) is 5.76. The Labute approximate surface area is 151 Å². The smallest absolute Gasteiger partial charge is 0.355 e. The minimum absolute atomic E-state index is 0.136. The quantitative estimate of drug-likeness (QED) is 0.578. The second-order valence-corrected chi connectivity index (χ2v) is 5.76. The normalized spacial score (nSPS) is 10.3. The number of H-pyrrole nitrogens is 1. The van der Waals surface area contributed by atoms with Gasteiger partial charge in [-0.15, -0.1) is 0 Å². The zero-order chi connectivity index (χ0) is 19.1. The predicted octanol–water partition coefficient (Wildman–Crippen LogP) is 2.43. The van der Waals surface area contributed by atoms with Crippen molar-refractivity contribution in [3.63, 3.8) is 0 Å². The summed E-state index contributed by atoms with van der Waals surface area (Å²) in [6.07, 6.45) is 1.43. The van der Waals surface area contributed by atoms with Crippen molar-refractivity contribution in [2.45, 2.75) is 20.4 Å². The molecule has 1 aromatic carbocycles. The van der Waals surface area contributed by atoms with E-state index in [1.807, 2.05) is 31.2 Å². The molecule has 1 amide bonds. The van der Waals surface area contributed by atoms with Gasteiger partial charge in [-0.1, -0.05) is 12.1 Å². The number of carbonyl (C=O) groups is 3. The van der Waals surface area contributed by atoms with Crippen LogP contribution in [0, 0.1) is 0 Å². The molecule has 0 aliphatic rings. The van der Waals surface area contributed by atoms with Crippen LogP contribution in [0.4, 0.5) is 0 Å². The number of benzene rings is 1. The van der Waals surface area contributed by atoms with Crippen LogP contribution in [-0.2, 0) is 16.1 Å². The lowest BCUT2D eigenvalue weighted by molar-refractivity contribution is -0.133. The minimum Gasteiger partial charge on any atom is -0.494 e. The number of Topliss-reactive ketones (excluding diaryl/α,β-unsaturated/α-hetero) is 1. The SMILES string of the molecule is CCOc1ccc(CN(C)C(=O)COC(=O)c2cc(C(C)=O)c[nH]2)cc1. The molecule has 7 heteroatoms. The molecule has 0 aliphatic carbocycles. The Balaban J connectivity index is 1.84. The summed E-state index contributed by atoms with van der Waals surface area (Å²) < 4.78 is 10.4. The molecule has 0 saturated heterocycles. The number of rotatable bonds is 8. The van der Waals surface area contributed by atoms with Gasteiger partial charge in [-0.25, -0.2) is 4.79 Å². The molecule has 0 saturated carbocycles. The van der Waals surface area contributed by atoms with Gasteiger partial charge in [0.1, 0.15) is 11.4 Å². The maximum atomic E-state index is 12.1. The van der Waals surface area contributed by atoms with E-state index in [1.54, 1.807) is 7.05 Å². The third-order valence-corrected chi connectivity index (χ3v) is 3.72. The van der Waals surface area contributed by atoms with Crippen LogP contribution in [-0.4, -0.2) is 47.8 Å². The van der Waals surface area contributed by atoms with Gasteiger partial charge in [-0.3, -0.25) is 9.59 Å². The number of aromatic nitrogens is 1. The molecule has 0 radical (unpaired) electrons. The fourth-order valence-electron chi connectivity index (χ4n) is 2.25. The van der Waals surface area contributed by atoms with Crippen LogP contribution in [0.1, 0.15) is 40.3 Å². The van der Waals surface area contributed by atoms with Crippen LogP contribution in [0.5, 0.6) is 5.75 Å². The number of esters is 1. The number of likely N-dealkylation sites (N-methyl/N-ethyl adjacent to an activating group) is 1. The molecule has 0 atom stereocenters. The molecule has 0 fully saturated rings. The second kappa shape index (κ2) is 8.84. The third kappa shape index (κ3) is 5.20. The molecule has 1 aromatic heterocycles. The van der Waals surface area contributed by atoms with Gasteiger partial charge in [0.05, 0.1) is 6.61 Å². The first kappa shape index (κ1) is 19.2. The maximum absolute atomic E-state index is 12.1. The Morgan fingerprint density at radius 3 is 2.42 bits per heavy atom. The first-order valence-corrected chi connectivity index (χ1v) is 8.23. The van der Waals surface area contributed by atoms with Crippen LogP contribution >= 0.6 is 0 Å². The fourth-order valence-corrected chi connectivity index (χ4v) is 2.25. The fraction of sp³-hybridized carbons (Fsp3) is 0.316. The minimum atomic E-state index is -0.680.